The van der Waals surface area contributed by atoms with Crippen molar-refractivity contribution in [2.24, 2.45) is 0 Å². The topological polar surface area (TPSA) is 43.4 Å². The normalized spacial score (nSPS) is 11.0. The van der Waals surface area contributed by atoms with Crippen molar-refractivity contribution in [1.29, 1.82) is 0 Å². The molecule has 0 saturated carbocycles. The Bertz CT molecular complexity index is 1050. The zero-order valence-electron chi connectivity index (χ0n) is 12.6. The minimum Gasteiger partial charge on any atom is -0.456 e. The van der Waals surface area contributed by atoms with Crippen molar-refractivity contribution < 1.29 is 8.83 Å². The summed E-state index contributed by atoms with van der Waals surface area (Å²) in [5.41, 5.74) is 3.11. The Morgan fingerprint density at radius 3 is 2.48 bits per heavy atom. The summed E-state index contributed by atoms with van der Waals surface area (Å²) in [6, 6.07) is 20.9. The SMILES string of the molecule is Cc1cccc(-c2ccc(-c3cc(=O)oc4ccccc34)o2)c1. The molecule has 2 heterocycles. The van der Waals surface area contributed by atoms with E-state index in [1.165, 1.54) is 11.6 Å². The first kappa shape index (κ1) is 13.6. The van der Waals surface area contributed by atoms with Crippen LogP contribution in [0, 0.1) is 6.92 Å². The number of fused-ring (bicyclic) bond motifs is 1. The maximum atomic E-state index is 11.8. The minimum atomic E-state index is -0.382. The number of rotatable bonds is 2. The van der Waals surface area contributed by atoms with E-state index in [0.29, 0.717) is 11.3 Å². The molecule has 3 nitrogen and oxygen atoms in total. The standard InChI is InChI=1S/C20H14O3/c1-13-5-4-6-14(11-13)17-9-10-19(22-17)16-12-20(21)23-18-8-3-2-7-15(16)18/h2-12H,1H3. The molecular weight excluding hydrogens is 288 g/mol. The molecular formula is C20H14O3. The molecule has 0 radical (unpaired) electrons. The van der Waals surface area contributed by atoms with Crippen molar-refractivity contribution in [2.75, 3.05) is 0 Å². The lowest BCUT2D eigenvalue weighted by atomic mass is 10.1. The van der Waals surface area contributed by atoms with E-state index in [0.717, 1.165) is 22.3 Å². The Morgan fingerprint density at radius 1 is 0.783 bits per heavy atom. The van der Waals surface area contributed by atoms with Crippen molar-refractivity contribution in [1.82, 2.24) is 0 Å². The van der Waals surface area contributed by atoms with Gasteiger partial charge in [0.25, 0.3) is 0 Å². The molecule has 2 aromatic heterocycles. The first-order chi connectivity index (χ1) is 11.2. The van der Waals surface area contributed by atoms with Crippen LogP contribution in [0.1, 0.15) is 5.56 Å². The Morgan fingerprint density at radius 2 is 1.61 bits per heavy atom. The summed E-state index contributed by atoms with van der Waals surface area (Å²) in [7, 11) is 0. The van der Waals surface area contributed by atoms with Gasteiger partial charge in [0.05, 0.1) is 0 Å². The highest BCUT2D eigenvalue weighted by Crippen LogP contribution is 2.32. The predicted octanol–water partition coefficient (Wildman–Crippen LogP) is 5.03. The van der Waals surface area contributed by atoms with Crippen molar-refractivity contribution in [2.45, 2.75) is 6.92 Å². The predicted molar refractivity (Wildman–Crippen MR) is 90.4 cm³/mol. The summed E-state index contributed by atoms with van der Waals surface area (Å²) in [6.07, 6.45) is 0. The van der Waals surface area contributed by atoms with E-state index in [1.807, 2.05) is 55.5 Å². The van der Waals surface area contributed by atoms with Gasteiger partial charge in [0.15, 0.2) is 0 Å². The van der Waals surface area contributed by atoms with Crippen LogP contribution in [0.5, 0.6) is 0 Å². The number of para-hydroxylation sites is 1. The minimum absolute atomic E-state index is 0.382. The summed E-state index contributed by atoms with van der Waals surface area (Å²) in [4.78, 5) is 11.8. The summed E-state index contributed by atoms with van der Waals surface area (Å²) >= 11 is 0. The van der Waals surface area contributed by atoms with Gasteiger partial charge in [0.1, 0.15) is 17.1 Å². The Labute approximate surface area is 132 Å². The second-order valence-corrected chi connectivity index (χ2v) is 5.51. The van der Waals surface area contributed by atoms with E-state index < -0.39 is 0 Å². The van der Waals surface area contributed by atoms with Gasteiger partial charge >= 0.3 is 5.63 Å². The monoisotopic (exact) mass is 302 g/mol. The molecule has 4 aromatic rings. The van der Waals surface area contributed by atoms with E-state index in [1.54, 1.807) is 6.07 Å². The smallest absolute Gasteiger partial charge is 0.336 e. The van der Waals surface area contributed by atoms with Crippen LogP contribution >= 0.6 is 0 Å². The first-order valence-electron chi connectivity index (χ1n) is 7.41. The van der Waals surface area contributed by atoms with Crippen molar-refractivity contribution in [3.63, 3.8) is 0 Å². The zero-order chi connectivity index (χ0) is 15.8. The first-order valence-corrected chi connectivity index (χ1v) is 7.41. The van der Waals surface area contributed by atoms with Crippen LogP contribution in [0.2, 0.25) is 0 Å². The van der Waals surface area contributed by atoms with E-state index in [2.05, 4.69) is 6.07 Å². The molecule has 0 aliphatic carbocycles. The second kappa shape index (κ2) is 5.29. The van der Waals surface area contributed by atoms with Crippen molar-refractivity contribution in [3.8, 4) is 22.6 Å². The van der Waals surface area contributed by atoms with Gasteiger partial charge in [0.2, 0.25) is 0 Å². The van der Waals surface area contributed by atoms with Gasteiger partial charge in [-0.3, -0.25) is 0 Å². The molecule has 0 saturated heterocycles. The molecule has 2 aromatic carbocycles. The van der Waals surface area contributed by atoms with E-state index in [4.69, 9.17) is 8.83 Å². The number of hydrogen-bond donors (Lipinski definition) is 0. The van der Waals surface area contributed by atoms with Crippen LogP contribution in [-0.2, 0) is 0 Å². The second-order valence-electron chi connectivity index (χ2n) is 5.51. The average Bonchev–Trinajstić information content (AvgIpc) is 3.04. The van der Waals surface area contributed by atoms with E-state index in [9.17, 15) is 4.79 Å². The zero-order valence-corrected chi connectivity index (χ0v) is 12.6. The van der Waals surface area contributed by atoms with Gasteiger partial charge in [0, 0.05) is 22.6 Å². The van der Waals surface area contributed by atoms with Crippen molar-refractivity contribution in [3.05, 3.63) is 82.7 Å². The summed E-state index contributed by atoms with van der Waals surface area (Å²) in [5, 5.41) is 0.859. The molecule has 4 rings (SSSR count). The van der Waals surface area contributed by atoms with Gasteiger partial charge in [-0.2, -0.15) is 0 Å². The van der Waals surface area contributed by atoms with Crippen LogP contribution in [-0.4, -0.2) is 0 Å². The fourth-order valence-corrected chi connectivity index (χ4v) is 2.75. The van der Waals surface area contributed by atoms with Gasteiger partial charge < -0.3 is 8.83 Å². The average molecular weight is 302 g/mol. The molecule has 0 N–H and O–H groups in total. The van der Waals surface area contributed by atoms with Crippen LogP contribution in [0.4, 0.5) is 0 Å². The largest absolute Gasteiger partial charge is 0.456 e. The fourth-order valence-electron chi connectivity index (χ4n) is 2.75. The number of furan rings is 1. The van der Waals surface area contributed by atoms with Crippen LogP contribution in [0.25, 0.3) is 33.6 Å². The molecule has 0 aliphatic rings. The summed E-state index contributed by atoms with van der Waals surface area (Å²) in [5.74, 6) is 1.44. The van der Waals surface area contributed by atoms with Gasteiger partial charge in [-0.25, -0.2) is 4.79 Å². The third-order valence-corrected chi connectivity index (χ3v) is 3.82. The quantitative estimate of drug-likeness (QED) is 0.488. The highest BCUT2D eigenvalue weighted by molar-refractivity contribution is 5.91. The van der Waals surface area contributed by atoms with Gasteiger partial charge in [-0.15, -0.1) is 0 Å². The molecule has 0 spiro atoms. The van der Waals surface area contributed by atoms with Gasteiger partial charge in [-0.1, -0.05) is 42.0 Å². The fraction of sp³-hybridized carbons (Fsp3) is 0.0500. The van der Waals surface area contributed by atoms with Gasteiger partial charge in [-0.05, 0) is 31.2 Å². The third kappa shape index (κ3) is 2.46. The Balaban J connectivity index is 1.88. The molecule has 0 fully saturated rings. The summed E-state index contributed by atoms with van der Waals surface area (Å²) in [6.45, 7) is 2.04. The maximum Gasteiger partial charge on any atom is 0.336 e. The lowest BCUT2D eigenvalue weighted by Gasteiger charge is -2.03. The Hall–Kier alpha value is -3.07. The van der Waals surface area contributed by atoms with Crippen LogP contribution in [0.15, 0.2) is 80.4 Å². The van der Waals surface area contributed by atoms with Crippen LogP contribution in [0.3, 0.4) is 0 Å². The molecule has 0 unspecified atom stereocenters. The summed E-state index contributed by atoms with van der Waals surface area (Å²) < 4.78 is 11.2. The lowest BCUT2D eigenvalue weighted by molar-refractivity contribution is 0.558. The van der Waals surface area contributed by atoms with Crippen LogP contribution < -0.4 is 5.63 Å². The molecule has 23 heavy (non-hydrogen) atoms. The molecule has 0 atom stereocenters. The Kier molecular flexibility index (Phi) is 3.12. The van der Waals surface area contributed by atoms with E-state index >= 15 is 0 Å². The molecule has 0 bridgehead atoms. The van der Waals surface area contributed by atoms with Crippen molar-refractivity contribution >= 4 is 11.0 Å². The molecule has 112 valence electrons. The molecule has 0 amide bonds. The lowest BCUT2D eigenvalue weighted by Crippen LogP contribution is -1.97. The molecule has 0 aliphatic heterocycles. The number of aryl methyl sites for hydroxylation is 1. The highest BCUT2D eigenvalue weighted by Gasteiger charge is 2.12. The number of benzene rings is 2. The van der Waals surface area contributed by atoms with E-state index in [-0.39, 0.29) is 5.63 Å². The maximum absolute atomic E-state index is 11.8. The number of hydrogen-bond acceptors (Lipinski definition) is 3. The third-order valence-electron chi connectivity index (χ3n) is 3.82. The highest BCUT2D eigenvalue weighted by atomic mass is 16.4. The molecule has 3 heteroatoms.